The lowest BCUT2D eigenvalue weighted by atomic mass is 10.2. The van der Waals surface area contributed by atoms with Gasteiger partial charge in [-0.2, -0.15) is 0 Å². The number of benzene rings is 1. The summed E-state index contributed by atoms with van der Waals surface area (Å²) in [6.45, 7) is 8.90. The van der Waals surface area contributed by atoms with Crippen LogP contribution in [0.5, 0.6) is 0 Å². The van der Waals surface area contributed by atoms with Crippen molar-refractivity contribution in [2.45, 2.75) is 12.5 Å². The lowest BCUT2D eigenvalue weighted by molar-refractivity contribution is 0.692. The van der Waals surface area contributed by atoms with Crippen LogP contribution in [-0.2, 0) is 0 Å². The van der Waals surface area contributed by atoms with Gasteiger partial charge in [0.25, 0.3) is 0 Å². The third kappa shape index (κ3) is 2.77. The summed E-state index contributed by atoms with van der Waals surface area (Å²) in [6, 6.07) is 7.81. The van der Waals surface area contributed by atoms with E-state index in [9.17, 15) is 0 Å². The maximum atomic E-state index is 7.09. The van der Waals surface area contributed by atoms with Gasteiger partial charge in [0.2, 0.25) is 0 Å². The van der Waals surface area contributed by atoms with Crippen molar-refractivity contribution in [3.63, 3.8) is 0 Å². The number of H-pyrrole nitrogens is 1. The van der Waals surface area contributed by atoms with Crippen molar-refractivity contribution in [2.75, 3.05) is 29.9 Å². The van der Waals surface area contributed by atoms with Crippen molar-refractivity contribution in [1.29, 1.82) is 0 Å². The molecule has 1 aliphatic rings. The minimum absolute atomic E-state index is 0.334. The van der Waals surface area contributed by atoms with Gasteiger partial charge < -0.3 is 14.8 Å². The number of hydrogen-bond donors (Lipinski definition) is 1. The van der Waals surface area contributed by atoms with Crippen molar-refractivity contribution in [2.24, 2.45) is 0 Å². The predicted molar refractivity (Wildman–Crippen MR) is 101 cm³/mol. The smallest absolute Gasteiger partial charge is 0.188 e. The maximum Gasteiger partial charge on any atom is 0.188 e. The van der Waals surface area contributed by atoms with Crippen LogP contribution in [0.15, 0.2) is 36.8 Å². The maximum absolute atomic E-state index is 7.09. The number of nitrogens with zero attached hydrogens (tertiary/aromatic N) is 5. The largest absolute Gasteiger partial charge is 0.369 e. The van der Waals surface area contributed by atoms with E-state index in [0.29, 0.717) is 16.8 Å². The monoisotopic (exact) mass is 352 g/mol. The zero-order valence-corrected chi connectivity index (χ0v) is 14.5. The fourth-order valence-electron chi connectivity index (χ4n) is 3.41. The lowest BCUT2D eigenvalue weighted by Crippen LogP contribution is -2.35. The van der Waals surface area contributed by atoms with E-state index in [1.807, 2.05) is 24.4 Å². The number of rotatable bonds is 3. The molecule has 0 radical (unpaired) electrons. The number of nitrogens with one attached hydrogen (secondary N) is 1. The van der Waals surface area contributed by atoms with E-state index in [4.69, 9.17) is 18.2 Å². The van der Waals surface area contributed by atoms with Gasteiger partial charge in [-0.05, 0) is 24.6 Å². The Kier molecular flexibility index (Phi) is 3.94. The predicted octanol–water partition coefficient (Wildman–Crippen LogP) is 3.88. The van der Waals surface area contributed by atoms with Gasteiger partial charge >= 0.3 is 0 Å². The Morgan fingerprint density at radius 1 is 1.36 bits per heavy atom. The van der Waals surface area contributed by atoms with Crippen LogP contribution >= 0.6 is 11.6 Å². The molecule has 6 nitrogen and oxygen atoms in total. The van der Waals surface area contributed by atoms with Crippen LogP contribution < -0.4 is 9.80 Å². The summed E-state index contributed by atoms with van der Waals surface area (Å²) in [4.78, 5) is 19.8. The molecule has 0 unspecified atom stereocenters. The van der Waals surface area contributed by atoms with Crippen LogP contribution in [0.4, 0.5) is 17.2 Å². The second-order valence-corrected chi connectivity index (χ2v) is 6.59. The highest BCUT2D eigenvalue weighted by Crippen LogP contribution is 2.33. The molecule has 1 N–H and O–H groups in total. The molecule has 0 aliphatic carbocycles. The van der Waals surface area contributed by atoms with Crippen LogP contribution in [0.25, 0.3) is 15.9 Å². The number of halogens is 1. The number of aromatic nitrogens is 3. The quantitative estimate of drug-likeness (QED) is 0.727. The van der Waals surface area contributed by atoms with Crippen molar-refractivity contribution in [1.82, 2.24) is 15.0 Å². The minimum atomic E-state index is 0.334. The van der Waals surface area contributed by atoms with Crippen LogP contribution in [0.3, 0.4) is 0 Å². The van der Waals surface area contributed by atoms with Gasteiger partial charge in [-0.3, -0.25) is 0 Å². The number of fused-ring (bicyclic) bond motifs is 1. The molecule has 2 aromatic heterocycles. The van der Waals surface area contributed by atoms with E-state index in [0.717, 1.165) is 42.0 Å². The van der Waals surface area contributed by atoms with Crippen LogP contribution in [0.2, 0.25) is 5.02 Å². The summed E-state index contributed by atoms with van der Waals surface area (Å²) in [6.07, 6.45) is 4.51. The highest BCUT2D eigenvalue weighted by Gasteiger charge is 2.28. The van der Waals surface area contributed by atoms with Crippen molar-refractivity contribution in [3.05, 3.63) is 53.2 Å². The second kappa shape index (κ2) is 6.26. The zero-order valence-electron chi connectivity index (χ0n) is 13.8. The topological polar surface area (TPSA) is 52.4 Å². The van der Waals surface area contributed by atoms with Gasteiger partial charge in [0.15, 0.2) is 5.69 Å². The zero-order chi connectivity index (χ0) is 17.4. The molecule has 1 atom stereocenters. The Hall–Kier alpha value is -2.78. The van der Waals surface area contributed by atoms with Gasteiger partial charge in [0.05, 0.1) is 22.7 Å². The number of aromatic amines is 1. The van der Waals surface area contributed by atoms with Gasteiger partial charge in [-0.1, -0.05) is 17.7 Å². The SMILES string of the molecule is [C-]#[N+]c1ccc(N(C)[C@@H]2CCN(c3ncnc4[nH]ccc34)C2)c(Cl)c1. The highest BCUT2D eigenvalue weighted by atomic mass is 35.5. The molecule has 0 spiro atoms. The molecule has 7 heteroatoms. The van der Waals surface area contributed by atoms with Gasteiger partial charge in [0.1, 0.15) is 17.8 Å². The van der Waals surface area contributed by atoms with E-state index >= 15 is 0 Å². The number of anilines is 2. The molecular weight excluding hydrogens is 336 g/mol. The molecule has 1 aliphatic heterocycles. The minimum Gasteiger partial charge on any atom is -0.369 e. The van der Waals surface area contributed by atoms with E-state index in [2.05, 4.69) is 36.6 Å². The average Bonchev–Trinajstić information content (AvgIpc) is 3.30. The third-order valence-electron chi connectivity index (χ3n) is 4.78. The molecule has 25 heavy (non-hydrogen) atoms. The summed E-state index contributed by atoms with van der Waals surface area (Å²) >= 11 is 6.37. The normalized spacial score (nSPS) is 17.0. The van der Waals surface area contributed by atoms with Gasteiger partial charge in [-0.25, -0.2) is 14.8 Å². The van der Waals surface area contributed by atoms with E-state index in [1.54, 1.807) is 12.4 Å². The van der Waals surface area contributed by atoms with Crippen LogP contribution in [0, 0.1) is 6.57 Å². The van der Waals surface area contributed by atoms with E-state index in [1.165, 1.54) is 0 Å². The molecule has 3 aromatic rings. The van der Waals surface area contributed by atoms with Crippen molar-refractivity contribution in [3.8, 4) is 0 Å². The first kappa shape index (κ1) is 15.7. The van der Waals surface area contributed by atoms with E-state index < -0.39 is 0 Å². The first-order valence-corrected chi connectivity index (χ1v) is 8.48. The standard InChI is InChI=1S/C18H17ClN6/c1-20-12-3-4-16(15(19)9-12)24(2)13-6-8-25(10-13)18-14-5-7-21-17(14)22-11-23-18/h3-5,7,9,11,13H,6,8,10H2,2H3,(H,21,22,23)/t13-/m1/s1. The molecule has 0 bridgehead atoms. The van der Waals surface area contributed by atoms with Crippen LogP contribution in [0.1, 0.15) is 6.42 Å². The molecule has 1 aromatic carbocycles. The summed E-state index contributed by atoms with van der Waals surface area (Å²) in [5.74, 6) is 0.969. The summed E-state index contributed by atoms with van der Waals surface area (Å²) in [7, 11) is 2.05. The summed E-state index contributed by atoms with van der Waals surface area (Å²) < 4.78 is 0. The molecular formula is C18H17ClN6. The number of hydrogen-bond acceptors (Lipinski definition) is 4. The summed E-state index contributed by atoms with van der Waals surface area (Å²) in [5.41, 5.74) is 2.38. The Morgan fingerprint density at radius 2 is 2.24 bits per heavy atom. The Balaban J connectivity index is 1.56. The third-order valence-corrected chi connectivity index (χ3v) is 5.09. The first-order chi connectivity index (χ1) is 12.2. The fourth-order valence-corrected chi connectivity index (χ4v) is 3.72. The molecule has 126 valence electrons. The Labute approximate surface area is 150 Å². The molecule has 1 fully saturated rings. The van der Waals surface area contributed by atoms with Crippen LogP contribution in [-0.4, -0.2) is 41.1 Å². The first-order valence-electron chi connectivity index (χ1n) is 8.10. The van der Waals surface area contributed by atoms with Gasteiger partial charge in [0, 0.05) is 32.4 Å². The molecule has 1 saturated heterocycles. The van der Waals surface area contributed by atoms with Crippen molar-refractivity contribution < 1.29 is 0 Å². The van der Waals surface area contributed by atoms with Crippen molar-refractivity contribution >= 4 is 39.8 Å². The molecule has 0 saturated carbocycles. The Morgan fingerprint density at radius 3 is 3.04 bits per heavy atom. The molecule has 0 amide bonds. The van der Waals surface area contributed by atoms with E-state index in [-0.39, 0.29) is 0 Å². The Bertz CT molecular complexity index is 960. The lowest BCUT2D eigenvalue weighted by Gasteiger charge is -2.28. The molecule has 3 heterocycles. The fraction of sp³-hybridized carbons (Fsp3) is 0.278. The number of likely N-dealkylation sites (N-methyl/N-ethyl adjacent to an activating group) is 1. The average molecular weight is 353 g/mol. The summed E-state index contributed by atoms with van der Waals surface area (Å²) in [5, 5.41) is 1.66. The molecule has 4 rings (SSSR count). The highest BCUT2D eigenvalue weighted by molar-refractivity contribution is 6.33. The second-order valence-electron chi connectivity index (χ2n) is 6.18. The van der Waals surface area contributed by atoms with Gasteiger partial charge in [-0.15, -0.1) is 0 Å².